The van der Waals surface area contributed by atoms with Crippen molar-refractivity contribution in [2.24, 2.45) is 0 Å². The average molecular weight is 380 g/mol. The molecule has 0 atom stereocenters. The Hall–Kier alpha value is -1.88. The minimum absolute atomic E-state index is 0.987. The molecule has 0 spiro atoms. The number of aryl methyl sites for hydroxylation is 1. The molecular weight excluding hydrogens is 355 g/mol. The third-order valence-electron chi connectivity index (χ3n) is 4.44. The number of benzene rings is 2. The molecule has 0 unspecified atom stereocenters. The number of nitrogens with zero attached hydrogens (tertiary/aromatic N) is 3. The first kappa shape index (κ1) is 17.0. The molecule has 1 heterocycles. The van der Waals surface area contributed by atoms with Crippen LogP contribution in [0, 0.1) is 6.92 Å². The van der Waals surface area contributed by atoms with E-state index in [0.29, 0.717) is 0 Å². The summed E-state index contributed by atoms with van der Waals surface area (Å²) in [6, 6.07) is 13.2. The third-order valence-corrected chi connectivity index (χ3v) is 9.01. The molecule has 24 heavy (non-hydrogen) atoms. The van der Waals surface area contributed by atoms with Crippen LogP contribution >= 0.6 is 0 Å². The van der Waals surface area contributed by atoms with Crippen molar-refractivity contribution in [1.29, 1.82) is 0 Å². The Balaban J connectivity index is 2.15. The van der Waals surface area contributed by atoms with Gasteiger partial charge in [-0.05, 0) is 0 Å². The van der Waals surface area contributed by atoms with E-state index in [1.807, 2.05) is 14.1 Å². The molecule has 0 aliphatic rings. The van der Waals surface area contributed by atoms with Crippen LogP contribution in [0.1, 0.15) is 5.56 Å². The zero-order chi connectivity index (χ0) is 17.5. The van der Waals surface area contributed by atoms with Crippen LogP contribution in [-0.2, 0) is 0 Å². The van der Waals surface area contributed by atoms with Gasteiger partial charge in [0.05, 0.1) is 0 Å². The molecule has 2 aromatic carbocycles. The van der Waals surface area contributed by atoms with Crippen molar-refractivity contribution in [2.45, 2.75) is 24.2 Å². The minimum atomic E-state index is -1.83. The summed E-state index contributed by atoms with van der Waals surface area (Å²) in [6.07, 6.45) is 1.67. The van der Waals surface area contributed by atoms with Gasteiger partial charge in [0.1, 0.15) is 0 Å². The van der Waals surface area contributed by atoms with Gasteiger partial charge in [0.15, 0.2) is 0 Å². The maximum absolute atomic E-state index is 4.58. The number of anilines is 1. The van der Waals surface area contributed by atoms with E-state index in [1.165, 1.54) is 11.1 Å². The van der Waals surface area contributed by atoms with Crippen molar-refractivity contribution in [1.82, 2.24) is 9.97 Å². The molecular formula is C20H25GeN3. The van der Waals surface area contributed by atoms with Gasteiger partial charge in [-0.15, -0.1) is 0 Å². The second-order valence-electron chi connectivity index (χ2n) is 7.60. The van der Waals surface area contributed by atoms with Crippen LogP contribution in [0.5, 0.6) is 0 Å². The van der Waals surface area contributed by atoms with Gasteiger partial charge in [-0.1, -0.05) is 0 Å². The van der Waals surface area contributed by atoms with Crippen LogP contribution in [-0.4, -0.2) is 37.3 Å². The second kappa shape index (κ2) is 6.21. The molecule has 0 radical (unpaired) electrons. The van der Waals surface area contributed by atoms with Crippen molar-refractivity contribution in [3.63, 3.8) is 0 Å². The fourth-order valence-electron chi connectivity index (χ4n) is 3.21. The van der Waals surface area contributed by atoms with Gasteiger partial charge in [0.2, 0.25) is 0 Å². The summed E-state index contributed by atoms with van der Waals surface area (Å²) in [6.45, 7) is 2.23. The quantitative estimate of drug-likeness (QED) is 0.638. The summed E-state index contributed by atoms with van der Waals surface area (Å²) >= 11 is -1.83. The topological polar surface area (TPSA) is 29.0 Å². The van der Waals surface area contributed by atoms with Gasteiger partial charge in [0, 0.05) is 0 Å². The summed E-state index contributed by atoms with van der Waals surface area (Å²) < 4.78 is 1.56. The first-order valence-corrected chi connectivity index (χ1v) is 15.7. The Labute approximate surface area is 147 Å². The Morgan fingerprint density at radius 1 is 0.917 bits per heavy atom. The third kappa shape index (κ3) is 3.18. The Morgan fingerprint density at radius 3 is 2.29 bits per heavy atom. The van der Waals surface area contributed by atoms with Gasteiger partial charge in [-0.25, -0.2) is 0 Å². The molecule has 0 fully saturated rings. The van der Waals surface area contributed by atoms with Crippen LogP contribution in [0.4, 0.5) is 5.69 Å². The first-order valence-electron chi connectivity index (χ1n) is 8.31. The van der Waals surface area contributed by atoms with Crippen molar-refractivity contribution >= 4 is 34.3 Å². The monoisotopic (exact) mass is 381 g/mol. The number of aromatic nitrogens is 2. The molecule has 3 aromatic rings. The van der Waals surface area contributed by atoms with E-state index in [1.54, 1.807) is 10.7 Å². The molecule has 1 aromatic heterocycles. The summed E-state index contributed by atoms with van der Waals surface area (Å²) in [5, 5.41) is 1.10. The van der Waals surface area contributed by atoms with E-state index < -0.39 is 13.3 Å². The Kier molecular flexibility index (Phi) is 4.39. The fourth-order valence-corrected chi connectivity index (χ4v) is 7.06. The molecule has 124 valence electrons. The maximum atomic E-state index is 4.58. The molecule has 0 N–H and O–H groups in total. The fraction of sp³-hybridized carbons (Fsp3) is 0.300. The number of hydrogen-bond acceptors (Lipinski definition) is 3. The number of rotatable bonds is 3. The van der Waals surface area contributed by atoms with Gasteiger partial charge in [0.25, 0.3) is 0 Å². The molecule has 0 aliphatic carbocycles. The van der Waals surface area contributed by atoms with Gasteiger partial charge >= 0.3 is 147 Å². The zero-order valence-corrected chi connectivity index (χ0v) is 17.5. The molecule has 0 aliphatic heterocycles. The summed E-state index contributed by atoms with van der Waals surface area (Å²) in [5.74, 6) is 7.31. The summed E-state index contributed by atoms with van der Waals surface area (Å²) in [5.41, 5.74) is 5.71. The van der Waals surface area contributed by atoms with Crippen molar-refractivity contribution in [2.75, 3.05) is 19.0 Å². The SMILES string of the molecule is Cc1cc(-c2ncnc3cc(N(C)C)ccc23)cc[c]1[Ge]([CH3])([CH3])[CH3]. The summed E-state index contributed by atoms with van der Waals surface area (Å²) in [4.78, 5) is 11.1. The van der Waals surface area contributed by atoms with E-state index in [4.69, 9.17) is 0 Å². The Morgan fingerprint density at radius 2 is 1.67 bits per heavy atom. The summed E-state index contributed by atoms with van der Waals surface area (Å²) in [7, 11) is 4.09. The van der Waals surface area contributed by atoms with Crippen molar-refractivity contribution in [3.8, 4) is 11.3 Å². The normalized spacial score (nSPS) is 11.8. The van der Waals surface area contributed by atoms with E-state index in [2.05, 4.69) is 75.5 Å². The molecule has 0 bridgehead atoms. The molecule has 0 saturated carbocycles. The van der Waals surface area contributed by atoms with E-state index in [-0.39, 0.29) is 0 Å². The van der Waals surface area contributed by atoms with E-state index in [0.717, 1.165) is 22.3 Å². The van der Waals surface area contributed by atoms with Crippen molar-refractivity contribution < 1.29 is 0 Å². The van der Waals surface area contributed by atoms with Gasteiger partial charge in [-0.2, -0.15) is 0 Å². The predicted octanol–water partition coefficient (Wildman–Crippen LogP) is 4.22. The zero-order valence-electron chi connectivity index (χ0n) is 15.4. The Bertz CT molecular complexity index is 895. The molecule has 0 amide bonds. The molecule has 3 rings (SSSR count). The van der Waals surface area contributed by atoms with Crippen LogP contribution in [0.3, 0.4) is 0 Å². The van der Waals surface area contributed by atoms with E-state index in [9.17, 15) is 0 Å². The van der Waals surface area contributed by atoms with Crippen LogP contribution in [0.2, 0.25) is 17.3 Å². The number of fused-ring (bicyclic) bond motifs is 1. The van der Waals surface area contributed by atoms with Crippen LogP contribution in [0.25, 0.3) is 22.2 Å². The van der Waals surface area contributed by atoms with Crippen molar-refractivity contribution in [3.05, 3.63) is 48.3 Å². The predicted molar refractivity (Wildman–Crippen MR) is 107 cm³/mol. The molecule has 0 saturated heterocycles. The number of hydrogen-bond donors (Lipinski definition) is 0. The standard InChI is InChI=1S/C20H25GeN3/c1-14-11-15(7-10-18(14)21(2,3)4)20-17-9-8-16(24(5)6)12-19(17)22-13-23-20/h7-13H,1-6H3. The first-order chi connectivity index (χ1) is 11.3. The molecule has 3 nitrogen and oxygen atoms in total. The van der Waals surface area contributed by atoms with Crippen LogP contribution < -0.4 is 9.30 Å². The average Bonchev–Trinajstić information content (AvgIpc) is 2.52. The van der Waals surface area contributed by atoms with Gasteiger partial charge in [-0.3, -0.25) is 0 Å². The van der Waals surface area contributed by atoms with Crippen LogP contribution in [0.15, 0.2) is 42.7 Å². The van der Waals surface area contributed by atoms with E-state index >= 15 is 0 Å². The second-order valence-corrected chi connectivity index (χ2v) is 18.2. The van der Waals surface area contributed by atoms with Gasteiger partial charge < -0.3 is 0 Å². The molecule has 4 heteroatoms.